The molecule has 21 heavy (non-hydrogen) atoms. The lowest BCUT2D eigenvalue weighted by Crippen LogP contribution is -2.47. The molecule has 0 heterocycles. The Labute approximate surface area is 127 Å². The Morgan fingerprint density at radius 1 is 1.19 bits per heavy atom. The molecule has 2 nitrogen and oxygen atoms in total. The van der Waals surface area contributed by atoms with E-state index >= 15 is 0 Å². The topological polar surface area (TPSA) is 37.3 Å². The Hall–Kier alpha value is -0.890. The van der Waals surface area contributed by atoms with E-state index in [1.165, 1.54) is 17.6 Å². The first-order valence-electron chi connectivity index (χ1n) is 8.56. The van der Waals surface area contributed by atoms with Crippen molar-refractivity contribution < 1.29 is 9.90 Å². The molecule has 0 aromatic rings. The molecule has 0 aromatic carbocycles. The van der Waals surface area contributed by atoms with E-state index in [1.54, 1.807) is 0 Å². The summed E-state index contributed by atoms with van der Waals surface area (Å²) in [5.41, 5.74) is 3.05. The van der Waals surface area contributed by atoms with Crippen LogP contribution < -0.4 is 0 Å². The molecular formula is C19H26O2. The first-order valence-corrected chi connectivity index (χ1v) is 8.56. The van der Waals surface area contributed by atoms with Crippen LogP contribution in [0, 0.1) is 22.7 Å². The maximum Gasteiger partial charge on any atom is 0.146 e. The van der Waals surface area contributed by atoms with E-state index < -0.39 is 0 Å². The summed E-state index contributed by atoms with van der Waals surface area (Å²) in [5.74, 6) is 1.68. The van der Waals surface area contributed by atoms with Crippen molar-refractivity contribution in [2.75, 3.05) is 0 Å². The molecule has 0 radical (unpaired) electrons. The molecule has 4 aliphatic carbocycles. The van der Waals surface area contributed by atoms with Crippen molar-refractivity contribution in [3.8, 4) is 0 Å². The van der Waals surface area contributed by atoms with Gasteiger partial charge in [-0.25, -0.2) is 0 Å². The van der Waals surface area contributed by atoms with Crippen molar-refractivity contribution in [1.82, 2.24) is 0 Å². The number of Topliss-reactive ketones (excluding diaryl/α,β-unsaturated/α-hetero) is 1. The van der Waals surface area contributed by atoms with Crippen LogP contribution in [0.1, 0.15) is 58.8 Å². The number of aliphatic hydroxyl groups is 1. The molecule has 0 bridgehead atoms. The number of rotatable bonds is 0. The molecule has 0 aliphatic heterocycles. The lowest BCUT2D eigenvalue weighted by molar-refractivity contribution is -0.126. The van der Waals surface area contributed by atoms with Crippen LogP contribution in [0.15, 0.2) is 23.3 Å². The van der Waals surface area contributed by atoms with Crippen LogP contribution in [0.4, 0.5) is 0 Å². The second-order valence-electron chi connectivity index (χ2n) is 8.15. The molecule has 2 fully saturated rings. The summed E-state index contributed by atoms with van der Waals surface area (Å²) in [6.45, 7) is 4.60. The largest absolute Gasteiger partial charge is 0.393 e. The summed E-state index contributed by atoms with van der Waals surface area (Å²) >= 11 is 0. The molecular weight excluding hydrogens is 260 g/mol. The fourth-order valence-corrected chi connectivity index (χ4v) is 5.80. The number of carbonyl (C=O) groups is 1. The number of aliphatic hydroxyl groups excluding tert-OH is 1. The number of allylic oxidation sites excluding steroid dienone is 3. The summed E-state index contributed by atoms with van der Waals surface area (Å²) in [7, 11) is 0. The Kier molecular flexibility index (Phi) is 2.83. The lowest BCUT2D eigenvalue weighted by atomic mass is 9.49. The zero-order valence-corrected chi connectivity index (χ0v) is 13.2. The zero-order chi connectivity index (χ0) is 14.8. The summed E-state index contributed by atoms with van der Waals surface area (Å²) in [6.07, 6.45) is 11.4. The standard InChI is InChI=1S/C19H26O2/c1-18-9-7-13(20)11-12(18)3-4-14-15-5-6-17(21)19(15,2)10-8-16(14)18/h3,5,13-14,16,20H,4,6-11H2,1-2H3/t13-,14+,16-,18-,19-/m0/s1. The van der Waals surface area contributed by atoms with E-state index in [0.29, 0.717) is 24.0 Å². The molecule has 0 amide bonds. The fraction of sp³-hybridized carbons (Fsp3) is 0.737. The molecule has 0 spiro atoms. The van der Waals surface area contributed by atoms with Gasteiger partial charge in [0.15, 0.2) is 0 Å². The predicted octanol–water partition coefficient (Wildman–Crippen LogP) is 3.80. The van der Waals surface area contributed by atoms with Crippen LogP contribution in [0.3, 0.4) is 0 Å². The predicted molar refractivity (Wildman–Crippen MR) is 82.7 cm³/mol. The highest BCUT2D eigenvalue weighted by Gasteiger charge is 2.55. The van der Waals surface area contributed by atoms with E-state index in [-0.39, 0.29) is 16.9 Å². The van der Waals surface area contributed by atoms with Crippen molar-refractivity contribution in [1.29, 1.82) is 0 Å². The van der Waals surface area contributed by atoms with Crippen molar-refractivity contribution in [2.45, 2.75) is 64.9 Å². The zero-order valence-electron chi connectivity index (χ0n) is 13.2. The summed E-state index contributed by atoms with van der Waals surface area (Å²) in [5, 5.41) is 9.99. The molecule has 114 valence electrons. The quantitative estimate of drug-likeness (QED) is 0.688. The Morgan fingerprint density at radius 2 is 2.00 bits per heavy atom. The van der Waals surface area contributed by atoms with E-state index in [4.69, 9.17) is 0 Å². The van der Waals surface area contributed by atoms with Crippen molar-refractivity contribution in [3.05, 3.63) is 23.3 Å². The highest BCUT2D eigenvalue weighted by molar-refractivity contribution is 5.92. The van der Waals surface area contributed by atoms with E-state index in [1.807, 2.05) is 0 Å². The van der Waals surface area contributed by atoms with Crippen molar-refractivity contribution >= 4 is 5.78 Å². The van der Waals surface area contributed by atoms with Crippen LogP contribution in [-0.2, 0) is 4.79 Å². The first kappa shape index (κ1) is 13.8. The van der Waals surface area contributed by atoms with Gasteiger partial charge in [-0.15, -0.1) is 0 Å². The van der Waals surface area contributed by atoms with Gasteiger partial charge in [-0.2, -0.15) is 0 Å². The van der Waals surface area contributed by atoms with E-state index in [0.717, 1.165) is 32.1 Å². The number of carbonyl (C=O) groups excluding carboxylic acids is 1. The van der Waals surface area contributed by atoms with E-state index in [9.17, 15) is 9.90 Å². The molecule has 4 aliphatic rings. The third kappa shape index (κ3) is 1.72. The summed E-state index contributed by atoms with van der Waals surface area (Å²) in [4.78, 5) is 12.3. The number of hydrogen-bond donors (Lipinski definition) is 1. The van der Waals surface area contributed by atoms with Crippen LogP contribution in [0.25, 0.3) is 0 Å². The monoisotopic (exact) mass is 286 g/mol. The maximum atomic E-state index is 12.3. The second-order valence-corrected chi connectivity index (χ2v) is 8.15. The summed E-state index contributed by atoms with van der Waals surface area (Å²) in [6, 6.07) is 0. The molecule has 4 rings (SSSR count). The Morgan fingerprint density at radius 3 is 2.81 bits per heavy atom. The van der Waals surface area contributed by atoms with Gasteiger partial charge in [-0.05, 0) is 62.7 Å². The molecule has 5 atom stereocenters. The minimum atomic E-state index is -0.156. The number of fused-ring (bicyclic) bond motifs is 5. The first-order chi connectivity index (χ1) is 9.95. The molecule has 0 saturated heterocycles. The van der Waals surface area contributed by atoms with Gasteiger partial charge >= 0.3 is 0 Å². The minimum absolute atomic E-state index is 0.137. The minimum Gasteiger partial charge on any atom is -0.393 e. The Bertz CT molecular complexity index is 558. The Balaban J connectivity index is 1.73. The molecule has 0 unspecified atom stereocenters. The summed E-state index contributed by atoms with van der Waals surface area (Å²) < 4.78 is 0. The normalized spacial score (nSPS) is 48.9. The maximum absolute atomic E-state index is 12.3. The van der Waals surface area contributed by atoms with Gasteiger partial charge < -0.3 is 5.11 Å². The van der Waals surface area contributed by atoms with E-state index in [2.05, 4.69) is 26.0 Å². The number of hydrogen-bond acceptors (Lipinski definition) is 2. The molecule has 2 saturated carbocycles. The third-order valence-corrected chi connectivity index (χ3v) is 7.22. The fourth-order valence-electron chi connectivity index (χ4n) is 5.80. The second kappa shape index (κ2) is 4.32. The molecule has 0 aromatic heterocycles. The van der Waals surface area contributed by atoms with Crippen molar-refractivity contribution in [2.24, 2.45) is 22.7 Å². The van der Waals surface area contributed by atoms with Crippen LogP contribution in [0.2, 0.25) is 0 Å². The van der Waals surface area contributed by atoms with Crippen LogP contribution in [-0.4, -0.2) is 17.0 Å². The van der Waals surface area contributed by atoms with Crippen molar-refractivity contribution in [3.63, 3.8) is 0 Å². The van der Waals surface area contributed by atoms with Gasteiger partial charge in [-0.3, -0.25) is 4.79 Å². The van der Waals surface area contributed by atoms with Gasteiger partial charge in [0, 0.05) is 11.8 Å². The third-order valence-electron chi connectivity index (χ3n) is 7.22. The van der Waals surface area contributed by atoms with Gasteiger partial charge in [0.2, 0.25) is 0 Å². The van der Waals surface area contributed by atoms with Gasteiger partial charge in [-0.1, -0.05) is 30.2 Å². The SMILES string of the molecule is C[C@]12CC[C@H]3[C@H](CC=C4C[C@@H](O)CC[C@@]43C)C1=CCC2=O. The van der Waals surface area contributed by atoms with Gasteiger partial charge in [0.25, 0.3) is 0 Å². The van der Waals surface area contributed by atoms with Crippen LogP contribution >= 0.6 is 0 Å². The lowest BCUT2D eigenvalue weighted by Gasteiger charge is -2.55. The van der Waals surface area contributed by atoms with Gasteiger partial charge in [0.05, 0.1) is 6.10 Å². The van der Waals surface area contributed by atoms with Crippen LogP contribution in [0.5, 0.6) is 0 Å². The average molecular weight is 286 g/mol. The molecule has 1 N–H and O–H groups in total. The van der Waals surface area contributed by atoms with Gasteiger partial charge in [0.1, 0.15) is 5.78 Å². The highest BCUT2D eigenvalue weighted by Crippen LogP contribution is 2.62. The molecule has 2 heteroatoms. The number of ketones is 1. The average Bonchev–Trinajstić information content (AvgIpc) is 2.76. The highest BCUT2D eigenvalue weighted by atomic mass is 16.3. The smallest absolute Gasteiger partial charge is 0.146 e.